The Bertz CT molecular complexity index is 326. The van der Waals surface area contributed by atoms with Gasteiger partial charge in [-0.1, -0.05) is 25.5 Å². The van der Waals surface area contributed by atoms with E-state index in [1.807, 2.05) is 20.8 Å². The minimum Gasteiger partial charge on any atom is -0.308 e. The normalized spacial score (nSPS) is 25.3. The molecule has 18 heavy (non-hydrogen) atoms. The van der Waals surface area contributed by atoms with E-state index in [1.54, 1.807) is 0 Å². The lowest BCUT2D eigenvalue weighted by Gasteiger charge is -2.34. The molecule has 0 radical (unpaired) electrons. The van der Waals surface area contributed by atoms with Crippen molar-refractivity contribution >= 4 is 7.60 Å². The van der Waals surface area contributed by atoms with E-state index in [2.05, 4.69) is 19.9 Å². The highest BCUT2D eigenvalue weighted by Gasteiger charge is 2.40. The Balaban J connectivity index is 2.92. The first-order valence-corrected chi connectivity index (χ1v) is 8.61. The van der Waals surface area contributed by atoms with Crippen molar-refractivity contribution in [3.05, 3.63) is 11.6 Å². The van der Waals surface area contributed by atoms with Gasteiger partial charge in [0.2, 0.25) is 0 Å². The van der Waals surface area contributed by atoms with E-state index in [4.69, 9.17) is 9.05 Å². The Kier molecular flexibility index (Phi) is 6.10. The van der Waals surface area contributed by atoms with E-state index in [1.165, 1.54) is 0 Å². The van der Waals surface area contributed by atoms with Crippen LogP contribution < -0.4 is 0 Å². The molecule has 0 saturated heterocycles. The third-order valence-electron chi connectivity index (χ3n) is 3.74. The molecule has 1 rings (SSSR count). The molecule has 3 nitrogen and oxygen atoms in total. The number of rotatable bonds is 6. The molecule has 4 heteroatoms. The maximum Gasteiger partial charge on any atom is 0.337 e. The van der Waals surface area contributed by atoms with Crippen molar-refractivity contribution in [1.29, 1.82) is 0 Å². The molecule has 0 fully saturated rings. The van der Waals surface area contributed by atoms with Gasteiger partial charge in [0, 0.05) is 0 Å². The van der Waals surface area contributed by atoms with Crippen LogP contribution in [0, 0.1) is 11.8 Å². The van der Waals surface area contributed by atoms with Crippen LogP contribution in [-0.2, 0) is 13.6 Å². The molecule has 0 heterocycles. The highest BCUT2D eigenvalue weighted by atomic mass is 31.2. The van der Waals surface area contributed by atoms with E-state index < -0.39 is 7.60 Å². The first-order chi connectivity index (χ1) is 8.44. The van der Waals surface area contributed by atoms with Crippen LogP contribution in [0.3, 0.4) is 0 Å². The van der Waals surface area contributed by atoms with Crippen molar-refractivity contribution in [2.24, 2.45) is 11.8 Å². The topological polar surface area (TPSA) is 35.5 Å². The highest BCUT2D eigenvalue weighted by molar-refractivity contribution is 7.55. The van der Waals surface area contributed by atoms with Gasteiger partial charge >= 0.3 is 7.60 Å². The van der Waals surface area contributed by atoms with Gasteiger partial charge in [-0.25, -0.2) is 0 Å². The fraction of sp³-hybridized carbons (Fsp3) is 0.857. The summed E-state index contributed by atoms with van der Waals surface area (Å²) in [5.41, 5.74) is 1.11. The van der Waals surface area contributed by atoms with Crippen molar-refractivity contribution in [3.63, 3.8) is 0 Å². The second kappa shape index (κ2) is 6.88. The molecule has 0 saturated carbocycles. The first-order valence-electron chi connectivity index (χ1n) is 7.00. The van der Waals surface area contributed by atoms with E-state index in [-0.39, 0.29) is 5.66 Å². The summed E-state index contributed by atoms with van der Waals surface area (Å²) in [6, 6.07) is 0. The zero-order valence-corrected chi connectivity index (χ0v) is 13.2. The predicted molar refractivity (Wildman–Crippen MR) is 76.0 cm³/mol. The molecule has 0 aromatic carbocycles. The Morgan fingerprint density at radius 1 is 1.33 bits per heavy atom. The van der Waals surface area contributed by atoms with Crippen LogP contribution in [0.1, 0.15) is 47.5 Å². The number of hydrogen-bond donors (Lipinski definition) is 0. The van der Waals surface area contributed by atoms with Crippen LogP contribution >= 0.6 is 7.60 Å². The minimum absolute atomic E-state index is 0.0569. The van der Waals surface area contributed by atoms with Crippen LogP contribution in [0.4, 0.5) is 0 Å². The predicted octanol–water partition coefficient (Wildman–Crippen LogP) is 4.63. The maximum absolute atomic E-state index is 12.9. The van der Waals surface area contributed by atoms with Crippen LogP contribution in [0.2, 0.25) is 0 Å². The molecular weight excluding hydrogens is 247 g/mol. The lowest BCUT2D eigenvalue weighted by Crippen LogP contribution is -2.25. The van der Waals surface area contributed by atoms with Crippen LogP contribution in [-0.4, -0.2) is 18.9 Å². The van der Waals surface area contributed by atoms with Gasteiger partial charge in [0.1, 0.15) is 0 Å². The maximum atomic E-state index is 12.9. The zero-order chi connectivity index (χ0) is 13.8. The third kappa shape index (κ3) is 3.69. The molecule has 106 valence electrons. The molecule has 1 aliphatic rings. The standard InChI is InChI=1S/C14H27O3P/c1-6-16-18(15,17-7-2)14-10-13(11(3)4)9-8-12(14)5/h8,11,13-14H,6-7,9-10H2,1-5H3/t13-,14-/m0/s1. The van der Waals surface area contributed by atoms with Gasteiger partial charge in [-0.2, -0.15) is 0 Å². The van der Waals surface area contributed by atoms with Crippen molar-refractivity contribution < 1.29 is 13.6 Å². The molecule has 0 unspecified atom stereocenters. The number of allylic oxidation sites excluding steroid dienone is 2. The molecular formula is C14H27O3P. The summed E-state index contributed by atoms with van der Waals surface area (Å²) in [6.45, 7) is 11.1. The quantitative estimate of drug-likeness (QED) is 0.523. The van der Waals surface area contributed by atoms with Crippen molar-refractivity contribution in [2.45, 2.75) is 53.1 Å². The van der Waals surface area contributed by atoms with Crippen molar-refractivity contribution in [3.8, 4) is 0 Å². The number of hydrogen-bond acceptors (Lipinski definition) is 3. The average Bonchev–Trinajstić information content (AvgIpc) is 2.29. The lowest BCUT2D eigenvalue weighted by atomic mass is 9.82. The Hall–Kier alpha value is -0.110. The Morgan fingerprint density at radius 2 is 1.89 bits per heavy atom. The van der Waals surface area contributed by atoms with Gasteiger partial charge in [-0.15, -0.1) is 0 Å². The zero-order valence-electron chi connectivity index (χ0n) is 12.3. The second-order valence-electron chi connectivity index (χ2n) is 5.31. The van der Waals surface area contributed by atoms with E-state index >= 15 is 0 Å². The molecule has 0 bridgehead atoms. The van der Waals surface area contributed by atoms with Gasteiger partial charge in [-0.3, -0.25) is 4.57 Å². The molecule has 0 amide bonds. The van der Waals surface area contributed by atoms with E-state index in [9.17, 15) is 4.57 Å². The summed E-state index contributed by atoms with van der Waals surface area (Å²) in [5, 5.41) is 0. The summed E-state index contributed by atoms with van der Waals surface area (Å²) < 4.78 is 23.9. The molecule has 0 N–H and O–H groups in total. The summed E-state index contributed by atoms with van der Waals surface area (Å²) in [4.78, 5) is 0. The van der Waals surface area contributed by atoms with Gasteiger partial charge in [0.25, 0.3) is 0 Å². The highest BCUT2D eigenvalue weighted by Crippen LogP contribution is 2.59. The largest absolute Gasteiger partial charge is 0.337 e. The molecule has 0 aromatic rings. The Morgan fingerprint density at radius 3 is 2.33 bits per heavy atom. The van der Waals surface area contributed by atoms with Crippen LogP contribution in [0.25, 0.3) is 0 Å². The fourth-order valence-electron chi connectivity index (χ4n) is 2.54. The first kappa shape index (κ1) is 15.9. The third-order valence-corrected chi connectivity index (χ3v) is 6.35. The summed E-state index contributed by atoms with van der Waals surface area (Å²) in [6.07, 6.45) is 4.21. The lowest BCUT2D eigenvalue weighted by molar-refractivity contribution is 0.206. The molecule has 0 spiro atoms. The SMILES string of the molecule is CCOP(=O)(OCC)[C@H]1C[C@@H](C(C)C)CC=C1C. The van der Waals surface area contributed by atoms with Gasteiger partial charge < -0.3 is 9.05 Å². The Labute approximate surface area is 111 Å². The second-order valence-corrected chi connectivity index (χ2v) is 7.53. The molecule has 2 atom stereocenters. The van der Waals surface area contributed by atoms with E-state index in [0.717, 1.165) is 18.4 Å². The molecule has 1 aliphatic carbocycles. The van der Waals surface area contributed by atoms with Gasteiger partial charge in [0.05, 0.1) is 18.9 Å². The summed E-state index contributed by atoms with van der Waals surface area (Å²) in [7, 11) is -3.00. The summed E-state index contributed by atoms with van der Waals surface area (Å²) >= 11 is 0. The van der Waals surface area contributed by atoms with Crippen LogP contribution in [0.15, 0.2) is 11.6 Å². The van der Waals surface area contributed by atoms with Gasteiger partial charge in [-0.05, 0) is 45.4 Å². The molecule has 0 aromatic heterocycles. The van der Waals surface area contributed by atoms with Gasteiger partial charge in [0.15, 0.2) is 0 Å². The van der Waals surface area contributed by atoms with Crippen LogP contribution in [0.5, 0.6) is 0 Å². The summed E-state index contributed by atoms with van der Waals surface area (Å²) in [5.74, 6) is 1.18. The minimum atomic E-state index is -3.00. The smallest absolute Gasteiger partial charge is 0.308 e. The average molecular weight is 274 g/mol. The fourth-order valence-corrected chi connectivity index (χ4v) is 4.83. The van der Waals surface area contributed by atoms with Crippen molar-refractivity contribution in [2.75, 3.05) is 13.2 Å². The van der Waals surface area contributed by atoms with E-state index in [0.29, 0.717) is 25.0 Å². The van der Waals surface area contributed by atoms with Crippen molar-refractivity contribution in [1.82, 2.24) is 0 Å². The molecule has 0 aliphatic heterocycles. The monoisotopic (exact) mass is 274 g/mol.